The van der Waals surface area contributed by atoms with Gasteiger partial charge in [0, 0.05) is 22.7 Å². The van der Waals surface area contributed by atoms with Crippen molar-refractivity contribution in [2.75, 3.05) is 0 Å². The van der Waals surface area contributed by atoms with Gasteiger partial charge in [-0.1, -0.05) is 29.7 Å². The number of rotatable bonds is 4. The molecule has 2 aromatic carbocycles. The smallest absolute Gasteiger partial charge is 0.272 e. The number of benzene rings is 2. The lowest BCUT2D eigenvalue weighted by molar-refractivity contribution is 0.432. The summed E-state index contributed by atoms with van der Waals surface area (Å²) in [6, 6.07) is 12.9. The Labute approximate surface area is 160 Å². The van der Waals surface area contributed by atoms with Crippen LogP contribution in [0.25, 0.3) is 33.9 Å². The van der Waals surface area contributed by atoms with Crippen molar-refractivity contribution in [2.45, 2.75) is 26.8 Å². The molecule has 6 nitrogen and oxygen atoms in total. The van der Waals surface area contributed by atoms with Crippen LogP contribution in [0.3, 0.4) is 0 Å². The number of aryl methyl sites for hydroxylation is 2. The number of fused-ring (bicyclic) bond motifs is 1. The molecule has 0 spiro atoms. The minimum absolute atomic E-state index is 0.0556. The molecule has 0 radical (unpaired) electrons. The van der Waals surface area contributed by atoms with Gasteiger partial charge in [-0.15, -0.1) is 0 Å². The molecule has 0 saturated heterocycles. The second kappa shape index (κ2) is 6.96. The monoisotopic (exact) mass is 380 g/mol. The fourth-order valence-corrected chi connectivity index (χ4v) is 3.23. The summed E-state index contributed by atoms with van der Waals surface area (Å²) in [7, 11) is 0. The Morgan fingerprint density at radius 3 is 2.74 bits per heavy atom. The predicted octanol–water partition coefficient (Wildman–Crippen LogP) is 4.49. The summed E-state index contributed by atoms with van der Waals surface area (Å²) in [6.07, 6.45) is 0.869. The lowest BCUT2D eigenvalue weighted by Gasteiger charge is -2.10. The van der Waals surface area contributed by atoms with E-state index in [1.807, 2.05) is 37.3 Å². The van der Waals surface area contributed by atoms with E-state index in [1.54, 1.807) is 23.6 Å². The number of nitrogens with zero attached hydrogens (tertiary/aromatic N) is 4. The quantitative estimate of drug-likeness (QED) is 0.521. The molecule has 7 heteroatoms. The van der Waals surface area contributed by atoms with Gasteiger partial charge in [0.05, 0.1) is 11.0 Å². The highest BCUT2D eigenvalue weighted by Crippen LogP contribution is 2.26. The molecule has 2 heterocycles. The minimum atomic E-state index is -0.0556. The molecular formula is C20H17ClN4O2. The molecule has 0 fully saturated rings. The van der Waals surface area contributed by atoms with Crippen molar-refractivity contribution in [3.8, 4) is 22.8 Å². The van der Waals surface area contributed by atoms with Crippen LogP contribution in [0, 0.1) is 6.92 Å². The molecule has 0 aliphatic rings. The van der Waals surface area contributed by atoms with Crippen LogP contribution < -0.4 is 5.56 Å². The first kappa shape index (κ1) is 17.4. The van der Waals surface area contributed by atoms with E-state index in [1.165, 1.54) is 0 Å². The summed E-state index contributed by atoms with van der Waals surface area (Å²) >= 11 is 6.03. The van der Waals surface area contributed by atoms with E-state index in [2.05, 4.69) is 15.1 Å². The van der Waals surface area contributed by atoms with Gasteiger partial charge in [-0.25, -0.2) is 4.98 Å². The SMILES string of the molecule is CCCn1c(=O)c(C)nc2cc(-c3noc(-c4cccc(Cl)c4)n3)ccc21. The molecule has 136 valence electrons. The second-order valence-corrected chi connectivity index (χ2v) is 6.73. The van der Waals surface area contributed by atoms with E-state index in [0.29, 0.717) is 29.0 Å². The first-order valence-corrected chi connectivity index (χ1v) is 9.06. The van der Waals surface area contributed by atoms with Gasteiger partial charge in [0.25, 0.3) is 11.4 Å². The van der Waals surface area contributed by atoms with Crippen LogP contribution in [0.1, 0.15) is 19.0 Å². The van der Waals surface area contributed by atoms with Crippen LogP contribution in [0.4, 0.5) is 0 Å². The third kappa shape index (κ3) is 3.24. The Kier molecular flexibility index (Phi) is 4.49. The zero-order valence-corrected chi connectivity index (χ0v) is 15.7. The summed E-state index contributed by atoms with van der Waals surface area (Å²) in [6.45, 7) is 4.42. The second-order valence-electron chi connectivity index (χ2n) is 6.29. The average Bonchev–Trinajstić information content (AvgIpc) is 3.15. The van der Waals surface area contributed by atoms with Gasteiger partial charge >= 0.3 is 0 Å². The van der Waals surface area contributed by atoms with Crippen molar-refractivity contribution in [3.63, 3.8) is 0 Å². The highest BCUT2D eigenvalue weighted by Gasteiger charge is 2.13. The maximum absolute atomic E-state index is 12.4. The number of hydrogen-bond donors (Lipinski definition) is 0. The van der Waals surface area contributed by atoms with E-state index in [4.69, 9.17) is 16.1 Å². The van der Waals surface area contributed by atoms with Crippen molar-refractivity contribution in [1.29, 1.82) is 0 Å². The van der Waals surface area contributed by atoms with Gasteiger partial charge in [0.1, 0.15) is 5.69 Å². The maximum atomic E-state index is 12.4. The summed E-state index contributed by atoms with van der Waals surface area (Å²) in [5.74, 6) is 0.854. The molecule has 0 amide bonds. The molecule has 27 heavy (non-hydrogen) atoms. The molecule has 0 atom stereocenters. The minimum Gasteiger partial charge on any atom is -0.334 e. The molecule has 2 aromatic heterocycles. The fourth-order valence-electron chi connectivity index (χ4n) is 3.04. The third-order valence-corrected chi connectivity index (χ3v) is 4.55. The Morgan fingerprint density at radius 1 is 1.11 bits per heavy atom. The normalized spacial score (nSPS) is 11.2. The summed E-state index contributed by atoms with van der Waals surface area (Å²) in [5.41, 5.74) is 3.48. The fraction of sp³-hybridized carbons (Fsp3) is 0.200. The topological polar surface area (TPSA) is 73.8 Å². The number of halogens is 1. The standard InChI is InChI=1S/C20H17ClN4O2/c1-3-9-25-17-8-7-13(11-16(17)22-12(2)20(25)26)18-23-19(27-24-18)14-5-4-6-15(21)10-14/h4-8,10-11H,3,9H2,1-2H3. The third-order valence-electron chi connectivity index (χ3n) is 4.31. The first-order valence-electron chi connectivity index (χ1n) is 8.68. The zero-order valence-electron chi connectivity index (χ0n) is 14.9. The average molecular weight is 381 g/mol. The van der Waals surface area contributed by atoms with Gasteiger partial charge in [-0.2, -0.15) is 4.98 Å². The van der Waals surface area contributed by atoms with E-state index in [-0.39, 0.29) is 5.56 Å². The Hall–Kier alpha value is -2.99. The van der Waals surface area contributed by atoms with Gasteiger partial charge in [0.15, 0.2) is 0 Å². The van der Waals surface area contributed by atoms with Crippen molar-refractivity contribution >= 4 is 22.6 Å². The lowest BCUT2D eigenvalue weighted by Crippen LogP contribution is -2.24. The maximum Gasteiger partial charge on any atom is 0.272 e. The van der Waals surface area contributed by atoms with Crippen molar-refractivity contribution < 1.29 is 4.52 Å². The van der Waals surface area contributed by atoms with E-state index in [0.717, 1.165) is 28.6 Å². The lowest BCUT2D eigenvalue weighted by atomic mass is 10.1. The van der Waals surface area contributed by atoms with Crippen LogP contribution >= 0.6 is 11.6 Å². The molecule has 0 aliphatic heterocycles. The Bertz CT molecular complexity index is 1200. The van der Waals surface area contributed by atoms with Gasteiger partial charge < -0.3 is 9.09 Å². The largest absolute Gasteiger partial charge is 0.334 e. The van der Waals surface area contributed by atoms with E-state index < -0.39 is 0 Å². The van der Waals surface area contributed by atoms with Gasteiger partial charge in [-0.05, 0) is 49.7 Å². The summed E-state index contributed by atoms with van der Waals surface area (Å²) in [4.78, 5) is 21.3. The van der Waals surface area contributed by atoms with Crippen LogP contribution in [0.15, 0.2) is 51.8 Å². The van der Waals surface area contributed by atoms with Gasteiger partial charge in [0.2, 0.25) is 5.82 Å². The molecule has 4 aromatic rings. The molecule has 0 bridgehead atoms. The number of hydrogen-bond acceptors (Lipinski definition) is 5. The van der Waals surface area contributed by atoms with Crippen LogP contribution in [-0.4, -0.2) is 19.7 Å². The van der Waals surface area contributed by atoms with Crippen molar-refractivity contribution in [3.05, 3.63) is 63.5 Å². The zero-order chi connectivity index (χ0) is 19.0. The molecular weight excluding hydrogens is 364 g/mol. The summed E-state index contributed by atoms with van der Waals surface area (Å²) < 4.78 is 7.14. The highest BCUT2D eigenvalue weighted by molar-refractivity contribution is 6.30. The van der Waals surface area contributed by atoms with Gasteiger partial charge in [-0.3, -0.25) is 4.79 Å². The molecule has 0 saturated carbocycles. The predicted molar refractivity (Wildman–Crippen MR) is 105 cm³/mol. The van der Waals surface area contributed by atoms with Crippen LogP contribution in [-0.2, 0) is 6.54 Å². The molecule has 4 rings (SSSR count). The highest BCUT2D eigenvalue weighted by atomic mass is 35.5. The Balaban J connectivity index is 1.79. The molecule has 0 aliphatic carbocycles. The first-order chi connectivity index (χ1) is 13.1. The molecule has 0 N–H and O–H groups in total. The summed E-state index contributed by atoms with van der Waals surface area (Å²) in [5, 5.41) is 4.68. The number of aromatic nitrogens is 4. The van der Waals surface area contributed by atoms with Crippen LogP contribution in [0.2, 0.25) is 5.02 Å². The van der Waals surface area contributed by atoms with Crippen LogP contribution in [0.5, 0.6) is 0 Å². The van der Waals surface area contributed by atoms with E-state index >= 15 is 0 Å². The van der Waals surface area contributed by atoms with E-state index in [9.17, 15) is 4.79 Å². The Morgan fingerprint density at radius 2 is 1.96 bits per heavy atom. The molecule has 0 unspecified atom stereocenters. The van der Waals surface area contributed by atoms with Crippen molar-refractivity contribution in [1.82, 2.24) is 19.7 Å². The van der Waals surface area contributed by atoms with Crippen molar-refractivity contribution in [2.24, 2.45) is 0 Å².